The van der Waals surface area contributed by atoms with Crippen LogP contribution >= 0.6 is 23.4 Å². The molecule has 0 spiro atoms. The molecular formula is C16H11ClN6OS. The minimum Gasteiger partial charge on any atom is -0.309 e. The Labute approximate surface area is 151 Å². The van der Waals surface area contributed by atoms with Gasteiger partial charge in [-0.25, -0.2) is 4.98 Å². The average molecular weight is 371 g/mol. The summed E-state index contributed by atoms with van der Waals surface area (Å²) in [4.78, 5) is 19.4. The normalized spacial score (nSPS) is 11.1. The van der Waals surface area contributed by atoms with Crippen molar-refractivity contribution in [3.63, 3.8) is 0 Å². The zero-order valence-electron chi connectivity index (χ0n) is 12.8. The molecule has 0 saturated carbocycles. The predicted molar refractivity (Wildman–Crippen MR) is 96.1 cm³/mol. The number of nitrogens with zero attached hydrogens (tertiary/aromatic N) is 5. The second-order valence-corrected chi connectivity index (χ2v) is 6.55. The second kappa shape index (κ2) is 6.66. The van der Waals surface area contributed by atoms with E-state index in [-0.39, 0.29) is 5.56 Å². The van der Waals surface area contributed by atoms with Crippen molar-refractivity contribution in [1.82, 2.24) is 30.2 Å². The second-order valence-electron chi connectivity index (χ2n) is 5.17. The summed E-state index contributed by atoms with van der Waals surface area (Å²) in [7, 11) is 0. The molecule has 2 aromatic heterocycles. The molecule has 0 aliphatic carbocycles. The molecule has 2 heterocycles. The van der Waals surface area contributed by atoms with Crippen molar-refractivity contribution in [2.24, 2.45) is 0 Å². The van der Waals surface area contributed by atoms with Crippen molar-refractivity contribution < 1.29 is 0 Å². The van der Waals surface area contributed by atoms with E-state index in [0.29, 0.717) is 32.7 Å². The lowest BCUT2D eigenvalue weighted by Gasteiger charge is -2.05. The highest BCUT2D eigenvalue weighted by Gasteiger charge is 2.11. The highest BCUT2D eigenvalue weighted by atomic mass is 35.5. The lowest BCUT2D eigenvalue weighted by atomic mass is 10.2. The van der Waals surface area contributed by atoms with Gasteiger partial charge in [0.25, 0.3) is 5.56 Å². The van der Waals surface area contributed by atoms with Gasteiger partial charge in [-0.15, -0.1) is 5.10 Å². The number of fused-ring (bicyclic) bond motifs is 1. The molecule has 0 unspecified atom stereocenters. The van der Waals surface area contributed by atoms with Crippen LogP contribution in [0.1, 0.15) is 5.82 Å². The lowest BCUT2D eigenvalue weighted by molar-refractivity contribution is 0.756. The molecule has 0 atom stereocenters. The Balaban J connectivity index is 1.62. The van der Waals surface area contributed by atoms with Gasteiger partial charge < -0.3 is 4.98 Å². The maximum absolute atomic E-state index is 12.2. The summed E-state index contributed by atoms with van der Waals surface area (Å²) in [5, 5.41) is 13.4. The van der Waals surface area contributed by atoms with Gasteiger partial charge in [-0.3, -0.25) is 4.79 Å². The third kappa shape index (κ3) is 3.26. The van der Waals surface area contributed by atoms with Gasteiger partial charge in [0.05, 0.1) is 22.3 Å². The Hall–Kier alpha value is -2.71. The molecule has 0 aliphatic rings. The Morgan fingerprint density at radius 2 is 2.00 bits per heavy atom. The Kier molecular flexibility index (Phi) is 4.21. The standard InChI is InChI=1S/C16H11ClN6OS/c17-10-6-7-12-13(8-10)18-14(19-15(12)24)9-25-16-20-21-22-23(16)11-4-2-1-3-5-11/h1-8H,9H2,(H,18,19,24). The molecule has 0 aliphatic heterocycles. The van der Waals surface area contributed by atoms with Crippen molar-refractivity contribution in [2.45, 2.75) is 10.9 Å². The van der Waals surface area contributed by atoms with Crippen LogP contribution in [0.5, 0.6) is 0 Å². The quantitative estimate of drug-likeness (QED) is 0.555. The van der Waals surface area contributed by atoms with Crippen molar-refractivity contribution in [2.75, 3.05) is 0 Å². The summed E-state index contributed by atoms with van der Waals surface area (Å²) in [6, 6.07) is 14.6. The van der Waals surface area contributed by atoms with Gasteiger partial charge in [0.1, 0.15) is 5.82 Å². The number of aromatic amines is 1. The molecule has 124 valence electrons. The Morgan fingerprint density at radius 1 is 1.16 bits per heavy atom. The van der Waals surface area contributed by atoms with Crippen LogP contribution in [-0.2, 0) is 5.75 Å². The maximum Gasteiger partial charge on any atom is 0.258 e. The third-order valence-electron chi connectivity index (χ3n) is 3.50. The molecule has 4 aromatic rings. The van der Waals surface area contributed by atoms with Crippen LogP contribution in [0.2, 0.25) is 5.02 Å². The van der Waals surface area contributed by atoms with E-state index in [0.717, 1.165) is 5.69 Å². The molecule has 4 rings (SSSR count). The van der Waals surface area contributed by atoms with Crippen LogP contribution in [0.4, 0.5) is 0 Å². The summed E-state index contributed by atoms with van der Waals surface area (Å²) < 4.78 is 1.64. The van der Waals surface area contributed by atoms with E-state index >= 15 is 0 Å². The number of thioether (sulfide) groups is 1. The first kappa shape index (κ1) is 15.8. The molecule has 9 heteroatoms. The van der Waals surface area contributed by atoms with E-state index in [2.05, 4.69) is 25.5 Å². The highest BCUT2D eigenvalue weighted by Crippen LogP contribution is 2.22. The van der Waals surface area contributed by atoms with Gasteiger partial charge in [-0.2, -0.15) is 4.68 Å². The number of rotatable bonds is 4. The first-order valence-electron chi connectivity index (χ1n) is 7.36. The Bertz CT molecular complexity index is 1090. The van der Waals surface area contributed by atoms with Crippen LogP contribution < -0.4 is 5.56 Å². The zero-order valence-corrected chi connectivity index (χ0v) is 14.3. The maximum atomic E-state index is 12.2. The molecule has 25 heavy (non-hydrogen) atoms. The molecular weight excluding hydrogens is 360 g/mol. The summed E-state index contributed by atoms with van der Waals surface area (Å²) in [6.45, 7) is 0. The van der Waals surface area contributed by atoms with Crippen molar-refractivity contribution in [1.29, 1.82) is 0 Å². The van der Waals surface area contributed by atoms with E-state index in [9.17, 15) is 4.79 Å². The number of benzene rings is 2. The Morgan fingerprint density at radius 3 is 2.84 bits per heavy atom. The first-order chi connectivity index (χ1) is 12.2. The number of H-pyrrole nitrogens is 1. The number of tetrazole rings is 1. The van der Waals surface area contributed by atoms with Gasteiger partial charge in [0.2, 0.25) is 5.16 Å². The van der Waals surface area contributed by atoms with Gasteiger partial charge >= 0.3 is 0 Å². The van der Waals surface area contributed by atoms with Crippen LogP contribution in [0, 0.1) is 0 Å². The van der Waals surface area contributed by atoms with Crippen LogP contribution in [0.3, 0.4) is 0 Å². The molecule has 0 radical (unpaired) electrons. The first-order valence-corrected chi connectivity index (χ1v) is 8.72. The van der Waals surface area contributed by atoms with E-state index in [4.69, 9.17) is 11.6 Å². The van der Waals surface area contributed by atoms with Crippen LogP contribution in [0.25, 0.3) is 16.6 Å². The third-order valence-corrected chi connectivity index (χ3v) is 4.66. The van der Waals surface area contributed by atoms with E-state index in [1.165, 1.54) is 11.8 Å². The molecule has 2 aromatic carbocycles. The summed E-state index contributed by atoms with van der Waals surface area (Å²) in [6.07, 6.45) is 0. The molecule has 0 bridgehead atoms. The fourth-order valence-corrected chi connectivity index (χ4v) is 3.29. The van der Waals surface area contributed by atoms with Gasteiger partial charge in [0.15, 0.2) is 0 Å². The van der Waals surface area contributed by atoms with Gasteiger partial charge in [-0.05, 0) is 40.8 Å². The summed E-state index contributed by atoms with van der Waals surface area (Å²) in [5.41, 5.74) is 1.23. The number of para-hydroxylation sites is 1. The molecule has 0 amide bonds. The lowest BCUT2D eigenvalue weighted by Crippen LogP contribution is -2.11. The minimum atomic E-state index is -0.195. The number of hydrogen-bond donors (Lipinski definition) is 1. The molecule has 1 N–H and O–H groups in total. The monoisotopic (exact) mass is 370 g/mol. The van der Waals surface area contributed by atoms with Crippen molar-refractivity contribution in [3.8, 4) is 5.69 Å². The van der Waals surface area contributed by atoms with Gasteiger partial charge in [0, 0.05) is 5.02 Å². The predicted octanol–water partition coefficient (Wildman–Crippen LogP) is 2.84. The van der Waals surface area contributed by atoms with Crippen LogP contribution in [0.15, 0.2) is 58.5 Å². The summed E-state index contributed by atoms with van der Waals surface area (Å²) in [5.74, 6) is 0.956. The number of halogens is 1. The van der Waals surface area contributed by atoms with E-state index < -0.39 is 0 Å². The largest absolute Gasteiger partial charge is 0.309 e. The van der Waals surface area contributed by atoms with Gasteiger partial charge in [-0.1, -0.05) is 41.6 Å². The summed E-state index contributed by atoms with van der Waals surface area (Å²) >= 11 is 7.37. The number of nitrogens with one attached hydrogen (secondary N) is 1. The molecule has 7 nitrogen and oxygen atoms in total. The molecule has 0 saturated heterocycles. The van der Waals surface area contributed by atoms with E-state index in [1.54, 1.807) is 22.9 Å². The highest BCUT2D eigenvalue weighted by molar-refractivity contribution is 7.98. The topological polar surface area (TPSA) is 89.4 Å². The molecule has 0 fully saturated rings. The zero-order chi connectivity index (χ0) is 17.2. The smallest absolute Gasteiger partial charge is 0.258 e. The number of hydrogen-bond acceptors (Lipinski definition) is 6. The fraction of sp³-hybridized carbons (Fsp3) is 0.0625. The van der Waals surface area contributed by atoms with Crippen molar-refractivity contribution >= 4 is 34.3 Å². The van der Waals surface area contributed by atoms with Crippen molar-refractivity contribution in [3.05, 3.63) is 69.7 Å². The van der Waals surface area contributed by atoms with Crippen LogP contribution in [-0.4, -0.2) is 30.2 Å². The number of aromatic nitrogens is 6. The minimum absolute atomic E-state index is 0.195. The fourth-order valence-electron chi connectivity index (χ4n) is 2.36. The van der Waals surface area contributed by atoms with E-state index in [1.807, 2.05) is 30.3 Å². The SMILES string of the molecule is O=c1[nH]c(CSc2nnnn2-c2ccccc2)nc2cc(Cl)ccc12. The average Bonchev–Trinajstić information content (AvgIpc) is 3.09.